The van der Waals surface area contributed by atoms with Gasteiger partial charge in [-0.1, -0.05) is 0 Å². The van der Waals surface area contributed by atoms with Gasteiger partial charge in [-0.2, -0.15) is 0 Å². The minimum Gasteiger partial charge on any atom is -0.284 e. The molecule has 0 aliphatic carbocycles. The summed E-state index contributed by atoms with van der Waals surface area (Å²) in [6, 6.07) is 3.19. The Morgan fingerprint density at radius 1 is 1.09 bits per heavy atom. The van der Waals surface area contributed by atoms with Crippen LogP contribution in [0, 0.1) is 20.2 Å². The number of nitrogens with one attached hydrogen (secondary N) is 1. The van der Waals surface area contributed by atoms with E-state index in [1.165, 1.54) is 5.01 Å². The van der Waals surface area contributed by atoms with E-state index in [2.05, 4.69) is 5.43 Å². The summed E-state index contributed by atoms with van der Waals surface area (Å²) in [4.78, 5) is 32.5. The maximum atomic E-state index is 12.2. The molecule has 11 heteroatoms. The third-order valence-electron chi connectivity index (χ3n) is 2.61. The van der Waals surface area contributed by atoms with E-state index in [4.69, 9.17) is 23.2 Å². The van der Waals surface area contributed by atoms with E-state index in [9.17, 15) is 25.0 Å². The topological polar surface area (TPSA) is 119 Å². The lowest BCUT2D eigenvalue weighted by molar-refractivity contribution is -0.394. The highest BCUT2D eigenvalue weighted by atomic mass is 35.5. The molecule has 0 aliphatic heterocycles. The van der Waals surface area contributed by atoms with Crippen molar-refractivity contribution in [2.24, 2.45) is 0 Å². The molecule has 1 amide bonds. The third-order valence-corrected chi connectivity index (χ3v) is 2.95. The number of nitro benzene ring substituents is 2. The number of nitro groups is 2. The van der Waals surface area contributed by atoms with E-state index in [-0.39, 0.29) is 24.8 Å². The highest BCUT2D eigenvalue weighted by Gasteiger charge is 2.31. The first-order valence-corrected chi connectivity index (χ1v) is 7.09. The molecule has 1 N–H and O–H groups in total. The van der Waals surface area contributed by atoms with Crippen molar-refractivity contribution in [1.82, 2.24) is 10.4 Å². The number of rotatable bonds is 8. The summed E-state index contributed by atoms with van der Waals surface area (Å²) in [7, 11) is 0. The van der Waals surface area contributed by atoms with Crippen LogP contribution in [0.2, 0.25) is 0 Å². The van der Waals surface area contributed by atoms with Crippen LogP contribution in [-0.4, -0.2) is 45.6 Å². The van der Waals surface area contributed by atoms with Gasteiger partial charge in [0.1, 0.15) is 0 Å². The van der Waals surface area contributed by atoms with Gasteiger partial charge in [-0.25, -0.2) is 5.01 Å². The lowest BCUT2D eigenvalue weighted by atomic mass is 10.1. The van der Waals surface area contributed by atoms with Gasteiger partial charge in [-0.05, 0) is 6.07 Å². The fraction of sp³-hybridized carbons (Fsp3) is 0.364. The standard InChI is InChI=1S/C11H12Cl2N4O5/c12-4-6-15(7-5-13)14-11(18)10-8(16(19)20)2-1-3-9(10)17(21)22/h1-3H,4-7H2,(H,14,18). The van der Waals surface area contributed by atoms with Crippen molar-refractivity contribution in [3.8, 4) is 0 Å². The zero-order valence-corrected chi connectivity index (χ0v) is 12.7. The number of nitrogens with zero attached hydrogens (tertiary/aromatic N) is 3. The van der Waals surface area contributed by atoms with Crippen LogP contribution in [0.5, 0.6) is 0 Å². The van der Waals surface area contributed by atoms with Gasteiger partial charge >= 0.3 is 0 Å². The molecule has 0 saturated heterocycles. The Morgan fingerprint density at radius 2 is 1.55 bits per heavy atom. The summed E-state index contributed by atoms with van der Waals surface area (Å²) in [5.41, 5.74) is 0.424. The summed E-state index contributed by atoms with van der Waals surface area (Å²) in [5, 5.41) is 23.3. The van der Waals surface area contributed by atoms with Gasteiger partial charge in [-0.15, -0.1) is 23.2 Å². The van der Waals surface area contributed by atoms with Crippen molar-refractivity contribution in [2.75, 3.05) is 24.8 Å². The van der Waals surface area contributed by atoms with Gasteiger partial charge in [0.2, 0.25) is 0 Å². The lowest BCUT2D eigenvalue weighted by Gasteiger charge is -2.20. The highest BCUT2D eigenvalue weighted by Crippen LogP contribution is 2.27. The molecule has 1 aromatic carbocycles. The second-order valence-electron chi connectivity index (χ2n) is 3.99. The fourth-order valence-corrected chi connectivity index (χ4v) is 2.10. The van der Waals surface area contributed by atoms with Crippen LogP contribution in [-0.2, 0) is 0 Å². The first-order valence-electron chi connectivity index (χ1n) is 6.02. The van der Waals surface area contributed by atoms with Gasteiger partial charge in [-0.3, -0.25) is 30.4 Å². The monoisotopic (exact) mass is 350 g/mol. The fourth-order valence-electron chi connectivity index (χ4n) is 1.69. The number of carbonyl (C=O) groups excluding carboxylic acids is 1. The number of halogens is 2. The molecule has 0 saturated carbocycles. The number of carbonyl (C=O) groups is 1. The molecule has 0 spiro atoms. The molecule has 0 fully saturated rings. The van der Waals surface area contributed by atoms with Crippen molar-refractivity contribution in [2.45, 2.75) is 0 Å². The Morgan fingerprint density at radius 3 is 1.91 bits per heavy atom. The molecule has 0 aromatic heterocycles. The largest absolute Gasteiger partial charge is 0.289 e. The maximum Gasteiger partial charge on any atom is 0.289 e. The van der Waals surface area contributed by atoms with Crippen LogP contribution in [0.15, 0.2) is 18.2 Å². The number of amides is 1. The van der Waals surface area contributed by atoms with Gasteiger partial charge in [0.25, 0.3) is 17.3 Å². The lowest BCUT2D eigenvalue weighted by Crippen LogP contribution is -2.44. The van der Waals surface area contributed by atoms with E-state index < -0.39 is 32.7 Å². The molecule has 22 heavy (non-hydrogen) atoms. The van der Waals surface area contributed by atoms with Crippen LogP contribution < -0.4 is 5.43 Å². The molecule has 9 nitrogen and oxygen atoms in total. The van der Waals surface area contributed by atoms with Crippen molar-refractivity contribution in [1.29, 1.82) is 0 Å². The smallest absolute Gasteiger partial charge is 0.284 e. The normalized spacial score (nSPS) is 10.5. The number of hydrogen-bond acceptors (Lipinski definition) is 6. The summed E-state index contributed by atoms with van der Waals surface area (Å²) in [5.74, 6) is -0.610. The first-order chi connectivity index (χ1) is 10.4. The van der Waals surface area contributed by atoms with Crippen molar-refractivity contribution < 1.29 is 14.6 Å². The molecule has 0 atom stereocenters. The minimum absolute atomic E-state index is 0.177. The first kappa shape index (κ1) is 18.1. The Kier molecular flexibility index (Phi) is 6.96. The van der Waals surface area contributed by atoms with Crippen LogP contribution in [0.25, 0.3) is 0 Å². The summed E-state index contributed by atoms with van der Waals surface area (Å²) in [6.07, 6.45) is 0. The van der Waals surface area contributed by atoms with E-state index in [1.54, 1.807) is 0 Å². The summed E-state index contributed by atoms with van der Waals surface area (Å²) < 4.78 is 0. The van der Waals surface area contributed by atoms with Gasteiger partial charge in [0, 0.05) is 37.0 Å². The van der Waals surface area contributed by atoms with Crippen molar-refractivity contribution >= 4 is 40.5 Å². The molecular formula is C11H12Cl2N4O5. The average Bonchev–Trinajstić information content (AvgIpc) is 2.46. The Hall–Kier alpha value is -1.97. The molecule has 0 heterocycles. The van der Waals surface area contributed by atoms with Gasteiger partial charge in [0.05, 0.1) is 9.85 Å². The molecule has 120 valence electrons. The van der Waals surface area contributed by atoms with Crippen molar-refractivity contribution in [3.63, 3.8) is 0 Å². The molecule has 0 radical (unpaired) electrons. The van der Waals surface area contributed by atoms with E-state index >= 15 is 0 Å². The van der Waals surface area contributed by atoms with Crippen molar-refractivity contribution in [3.05, 3.63) is 44.0 Å². The second kappa shape index (κ2) is 8.47. The van der Waals surface area contributed by atoms with Crippen LogP contribution >= 0.6 is 23.2 Å². The zero-order valence-electron chi connectivity index (χ0n) is 11.2. The van der Waals surface area contributed by atoms with E-state index in [1.807, 2.05) is 0 Å². The van der Waals surface area contributed by atoms with E-state index in [0.29, 0.717) is 0 Å². The Labute approximate surface area is 135 Å². The number of hydrazine groups is 1. The predicted molar refractivity (Wildman–Crippen MR) is 80.2 cm³/mol. The highest BCUT2D eigenvalue weighted by molar-refractivity contribution is 6.18. The molecule has 1 aromatic rings. The Balaban J connectivity index is 3.19. The second-order valence-corrected chi connectivity index (χ2v) is 4.75. The molecular weight excluding hydrogens is 339 g/mol. The SMILES string of the molecule is O=C(NN(CCCl)CCCl)c1c([N+](=O)[O-])cccc1[N+](=O)[O-]. The molecule has 0 bridgehead atoms. The average molecular weight is 351 g/mol. The Bertz CT molecular complexity index is 545. The van der Waals surface area contributed by atoms with Crippen LogP contribution in [0.4, 0.5) is 11.4 Å². The van der Waals surface area contributed by atoms with Crippen LogP contribution in [0.3, 0.4) is 0 Å². The van der Waals surface area contributed by atoms with Gasteiger partial charge < -0.3 is 0 Å². The molecule has 0 aliphatic rings. The number of benzene rings is 1. The third kappa shape index (κ3) is 4.52. The quantitative estimate of drug-likeness (QED) is 0.434. The van der Waals surface area contributed by atoms with E-state index in [0.717, 1.165) is 18.2 Å². The zero-order chi connectivity index (χ0) is 16.7. The maximum absolute atomic E-state index is 12.2. The molecule has 1 rings (SSSR count). The van der Waals surface area contributed by atoms with Gasteiger partial charge in [0.15, 0.2) is 5.56 Å². The summed E-state index contributed by atoms with van der Waals surface area (Å²) in [6.45, 7) is 0.461. The van der Waals surface area contributed by atoms with Crippen LogP contribution in [0.1, 0.15) is 10.4 Å². The number of alkyl halides is 2. The predicted octanol–water partition coefficient (Wildman–Crippen LogP) is 1.93. The summed E-state index contributed by atoms with van der Waals surface area (Å²) >= 11 is 11.1. The number of hydrogen-bond donors (Lipinski definition) is 1. The minimum atomic E-state index is -0.964. The molecule has 0 unspecified atom stereocenters.